The number of thiazole rings is 1. The van der Waals surface area contributed by atoms with Crippen LogP contribution in [0.25, 0.3) is 27.6 Å². The average molecular weight is 541 g/mol. The van der Waals surface area contributed by atoms with E-state index in [0.29, 0.717) is 35.4 Å². The van der Waals surface area contributed by atoms with Crippen LogP contribution in [-0.2, 0) is 10.0 Å². The zero-order valence-corrected chi connectivity index (χ0v) is 20.9. The average Bonchev–Trinajstić information content (AvgIpc) is 3.43. The molecule has 1 aliphatic heterocycles. The first kappa shape index (κ1) is 23.0. The second-order valence-corrected chi connectivity index (χ2v) is 11.5. The quantitative estimate of drug-likeness (QED) is 0.333. The zero-order valence-electron chi connectivity index (χ0n) is 18.5. The summed E-state index contributed by atoms with van der Waals surface area (Å²) in [7, 11) is -3.59. The highest BCUT2D eigenvalue weighted by Gasteiger charge is 2.37. The number of benzene rings is 2. The highest BCUT2D eigenvalue weighted by Crippen LogP contribution is 2.34. The van der Waals surface area contributed by atoms with Crippen molar-refractivity contribution >= 4 is 43.9 Å². The summed E-state index contributed by atoms with van der Waals surface area (Å²) in [4.78, 5) is 14.7. The molecule has 1 N–H and O–H groups in total. The predicted molar refractivity (Wildman–Crippen MR) is 137 cm³/mol. The SMILES string of the molecule is O=S(=O)(c1ccc(Cl)cc1)N1CC(Nc2nccc(-c3c(-c4ccc(F)cc4)nc4sccn34)n2)C1. The smallest absolute Gasteiger partial charge is 0.243 e. The molecule has 1 saturated heterocycles. The molecule has 1 fully saturated rings. The predicted octanol–water partition coefficient (Wildman–Crippen LogP) is 4.80. The van der Waals surface area contributed by atoms with Crippen molar-refractivity contribution in [3.63, 3.8) is 0 Å². The second kappa shape index (κ2) is 8.93. The van der Waals surface area contributed by atoms with E-state index >= 15 is 0 Å². The van der Waals surface area contributed by atoms with Gasteiger partial charge in [-0.2, -0.15) is 4.31 Å². The number of hydrogen-bond donors (Lipinski definition) is 1. The van der Waals surface area contributed by atoms with Gasteiger partial charge >= 0.3 is 0 Å². The number of fused-ring (bicyclic) bond motifs is 1. The molecular formula is C24H18ClFN6O2S2. The molecule has 0 atom stereocenters. The van der Waals surface area contributed by atoms with Crippen molar-refractivity contribution in [2.45, 2.75) is 10.9 Å². The standard InChI is InChI=1S/C24H18ClFN6O2S2/c25-16-3-7-19(8-4-16)36(33,34)31-13-18(14-31)28-23-27-10-9-20(29-23)22-21(15-1-5-17(26)6-2-15)30-24-32(22)11-12-35-24/h1-12,18H,13-14H2,(H,27,28,29). The number of imidazole rings is 1. The number of anilines is 1. The maximum atomic E-state index is 13.5. The molecule has 0 bridgehead atoms. The lowest BCUT2D eigenvalue weighted by Crippen LogP contribution is -2.56. The van der Waals surface area contributed by atoms with Crippen LogP contribution >= 0.6 is 22.9 Å². The van der Waals surface area contributed by atoms with E-state index in [4.69, 9.17) is 21.6 Å². The van der Waals surface area contributed by atoms with Crippen LogP contribution in [0.1, 0.15) is 0 Å². The monoisotopic (exact) mass is 540 g/mol. The Morgan fingerprint density at radius 2 is 1.78 bits per heavy atom. The summed E-state index contributed by atoms with van der Waals surface area (Å²) in [6.45, 7) is 0.585. The van der Waals surface area contributed by atoms with Gasteiger partial charge in [-0.05, 0) is 54.6 Å². The zero-order chi connectivity index (χ0) is 24.9. The van der Waals surface area contributed by atoms with Crippen molar-refractivity contribution in [3.8, 4) is 22.6 Å². The van der Waals surface area contributed by atoms with Crippen LogP contribution in [0.2, 0.25) is 5.02 Å². The van der Waals surface area contributed by atoms with E-state index in [1.807, 2.05) is 16.0 Å². The van der Waals surface area contributed by atoms with Crippen molar-refractivity contribution in [1.82, 2.24) is 23.7 Å². The van der Waals surface area contributed by atoms with Gasteiger partial charge in [0, 0.05) is 41.4 Å². The Labute approximate surface area is 215 Å². The Kier molecular flexibility index (Phi) is 5.72. The van der Waals surface area contributed by atoms with Crippen molar-refractivity contribution < 1.29 is 12.8 Å². The molecule has 0 amide bonds. The van der Waals surface area contributed by atoms with Gasteiger partial charge in [-0.25, -0.2) is 27.8 Å². The Bertz CT molecular complexity index is 1660. The van der Waals surface area contributed by atoms with Crippen LogP contribution in [0.5, 0.6) is 0 Å². The van der Waals surface area contributed by atoms with Crippen LogP contribution in [0, 0.1) is 5.82 Å². The van der Waals surface area contributed by atoms with E-state index in [1.54, 1.807) is 36.5 Å². The van der Waals surface area contributed by atoms with Crippen LogP contribution in [0.3, 0.4) is 0 Å². The maximum absolute atomic E-state index is 13.5. The van der Waals surface area contributed by atoms with Gasteiger partial charge in [0.15, 0.2) is 4.96 Å². The minimum atomic E-state index is -3.59. The fourth-order valence-electron chi connectivity index (χ4n) is 4.06. The number of rotatable bonds is 6. The maximum Gasteiger partial charge on any atom is 0.243 e. The molecule has 5 aromatic rings. The van der Waals surface area contributed by atoms with Crippen molar-refractivity contribution in [2.75, 3.05) is 18.4 Å². The molecule has 0 saturated carbocycles. The number of nitrogens with one attached hydrogen (secondary N) is 1. The summed E-state index contributed by atoms with van der Waals surface area (Å²) in [5.41, 5.74) is 2.87. The summed E-state index contributed by atoms with van der Waals surface area (Å²) in [6, 6.07) is 14.0. The molecule has 0 aliphatic carbocycles. The lowest BCUT2D eigenvalue weighted by atomic mass is 10.1. The molecule has 4 heterocycles. The Balaban J connectivity index is 1.24. The molecule has 6 rings (SSSR count). The Morgan fingerprint density at radius 1 is 1.03 bits per heavy atom. The van der Waals surface area contributed by atoms with Crippen LogP contribution in [0.15, 0.2) is 77.3 Å². The largest absolute Gasteiger partial charge is 0.349 e. The molecule has 1 aliphatic rings. The van der Waals surface area contributed by atoms with E-state index in [1.165, 1.54) is 39.9 Å². The summed E-state index contributed by atoms with van der Waals surface area (Å²) < 4.78 is 42.5. The van der Waals surface area contributed by atoms with E-state index in [2.05, 4.69) is 10.3 Å². The molecular weight excluding hydrogens is 523 g/mol. The highest BCUT2D eigenvalue weighted by molar-refractivity contribution is 7.89. The van der Waals surface area contributed by atoms with Crippen molar-refractivity contribution in [2.24, 2.45) is 0 Å². The number of sulfonamides is 1. The van der Waals surface area contributed by atoms with Crippen LogP contribution in [-0.4, -0.2) is 51.2 Å². The molecule has 0 radical (unpaired) electrons. The van der Waals surface area contributed by atoms with Gasteiger partial charge in [0.25, 0.3) is 0 Å². The molecule has 0 unspecified atom stereocenters. The number of aromatic nitrogens is 4. The third kappa shape index (κ3) is 4.13. The molecule has 182 valence electrons. The van der Waals surface area contributed by atoms with Crippen LogP contribution in [0.4, 0.5) is 10.3 Å². The van der Waals surface area contributed by atoms with Crippen molar-refractivity contribution in [3.05, 3.63) is 83.2 Å². The third-order valence-corrected chi connectivity index (χ3v) is 8.77. The van der Waals surface area contributed by atoms with Gasteiger partial charge < -0.3 is 5.32 Å². The second-order valence-electron chi connectivity index (χ2n) is 8.25. The van der Waals surface area contributed by atoms with Gasteiger partial charge in [-0.1, -0.05) is 11.6 Å². The molecule has 36 heavy (non-hydrogen) atoms. The first-order valence-corrected chi connectivity index (χ1v) is 13.7. The third-order valence-electron chi connectivity index (χ3n) is 5.91. The van der Waals surface area contributed by atoms with Gasteiger partial charge in [-0.3, -0.25) is 4.40 Å². The number of hydrogen-bond acceptors (Lipinski definition) is 7. The lowest BCUT2D eigenvalue weighted by Gasteiger charge is -2.38. The number of nitrogens with zero attached hydrogens (tertiary/aromatic N) is 5. The molecule has 12 heteroatoms. The summed E-state index contributed by atoms with van der Waals surface area (Å²) >= 11 is 7.37. The topological polar surface area (TPSA) is 92.5 Å². The van der Waals surface area contributed by atoms with E-state index < -0.39 is 10.0 Å². The minimum absolute atomic E-state index is 0.134. The minimum Gasteiger partial charge on any atom is -0.349 e. The van der Waals surface area contributed by atoms with E-state index in [-0.39, 0.29) is 16.8 Å². The summed E-state index contributed by atoms with van der Waals surface area (Å²) in [5.74, 6) is 0.0683. The molecule has 0 spiro atoms. The summed E-state index contributed by atoms with van der Waals surface area (Å²) in [6.07, 6.45) is 3.56. The molecule has 3 aromatic heterocycles. The Morgan fingerprint density at radius 3 is 2.53 bits per heavy atom. The lowest BCUT2D eigenvalue weighted by molar-refractivity contribution is 0.280. The fourth-order valence-corrected chi connectivity index (χ4v) is 6.43. The van der Waals surface area contributed by atoms with Crippen LogP contribution < -0.4 is 5.32 Å². The van der Waals surface area contributed by atoms with Crippen molar-refractivity contribution in [1.29, 1.82) is 0 Å². The fraction of sp³-hybridized carbons (Fsp3) is 0.125. The van der Waals surface area contributed by atoms with Gasteiger partial charge in [0.2, 0.25) is 16.0 Å². The summed E-state index contributed by atoms with van der Waals surface area (Å²) in [5, 5.41) is 5.64. The van der Waals surface area contributed by atoms with Gasteiger partial charge in [-0.15, -0.1) is 11.3 Å². The first-order valence-electron chi connectivity index (χ1n) is 11.0. The van der Waals surface area contributed by atoms with Gasteiger partial charge in [0.05, 0.1) is 22.3 Å². The first-order chi connectivity index (χ1) is 17.4. The highest BCUT2D eigenvalue weighted by atomic mass is 35.5. The van der Waals surface area contributed by atoms with Gasteiger partial charge in [0.1, 0.15) is 11.5 Å². The molecule has 2 aromatic carbocycles. The Hall–Kier alpha value is -3.38. The number of halogens is 2. The normalized spacial score (nSPS) is 14.7. The molecule has 8 nitrogen and oxygen atoms in total. The van der Waals surface area contributed by atoms with E-state index in [9.17, 15) is 12.8 Å². The van der Waals surface area contributed by atoms with E-state index in [0.717, 1.165) is 16.2 Å².